The van der Waals surface area contributed by atoms with Gasteiger partial charge in [0.1, 0.15) is 6.10 Å². The van der Waals surface area contributed by atoms with Gasteiger partial charge < -0.3 is 19.5 Å². The molecule has 0 radical (unpaired) electrons. The van der Waals surface area contributed by atoms with Gasteiger partial charge in [-0.05, 0) is 55.2 Å². The first-order valence-electron chi connectivity index (χ1n) is 10.3. The van der Waals surface area contributed by atoms with Gasteiger partial charge in [0.05, 0.1) is 14.2 Å². The number of rotatable bonds is 7. The molecule has 2 atom stereocenters. The molecular weight excluding hydrogens is 396 g/mol. The van der Waals surface area contributed by atoms with Crippen LogP contribution in [-0.2, 0) is 9.53 Å². The molecule has 164 valence electrons. The number of nitrogens with one attached hydrogen (secondary N) is 2. The zero-order valence-corrected chi connectivity index (χ0v) is 17.8. The second kappa shape index (κ2) is 11.1. The predicted octanol–water partition coefficient (Wildman–Crippen LogP) is 4.39. The molecule has 2 N–H and O–H groups in total. The molecule has 0 bridgehead atoms. The Bertz CT molecular complexity index is 913. The zero-order valence-electron chi connectivity index (χ0n) is 17.8. The van der Waals surface area contributed by atoms with Crippen molar-refractivity contribution in [2.75, 3.05) is 19.5 Å². The number of ether oxygens (including phenoxy) is 3. The minimum atomic E-state index is -0.475. The molecule has 1 aliphatic rings. The molecule has 0 aliphatic heterocycles. The van der Waals surface area contributed by atoms with Crippen LogP contribution >= 0.6 is 0 Å². The Morgan fingerprint density at radius 3 is 2.52 bits per heavy atom. The molecule has 7 heteroatoms. The van der Waals surface area contributed by atoms with Gasteiger partial charge in [-0.25, -0.2) is 4.79 Å². The number of carbonyl (C=O) groups is 2. The maximum absolute atomic E-state index is 12.4. The molecule has 0 spiro atoms. The van der Waals surface area contributed by atoms with E-state index in [9.17, 15) is 9.59 Å². The lowest BCUT2D eigenvalue weighted by Crippen LogP contribution is -2.40. The number of carbonyl (C=O) groups excluding carboxylic acids is 2. The van der Waals surface area contributed by atoms with Gasteiger partial charge >= 0.3 is 6.09 Å². The first-order valence-corrected chi connectivity index (χ1v) is 10.3. The molecule has 2 aromatic carbocycles. The third kappa shape index (κ3) is 6.77. The largest absolute Gasteiger partial charge is 0.493 e. The second-order valence-electron chi connectivity index (χ2n) is 7.34. The molecule has 0 heterocycles. The minimum absolute atomic E-state index is 0.0363. The van der Waals surface area contributed by atoms with Crippen molar-refractivity contribution >= 4 is 23.8 Å². The van der Waals surface area contributed by atoms with Crippen molar-refractivity contribution in [2.24, 2.45) is 0 Å². The third-order valence-corrected chi connectivity index (χ3v) is 5.10. The molecule has 7 nitrogen and oxygen atoms in total. The summed E-state index contributed by atoms with van der Waals surface area (Å²) in [5.74, 6) is 1.05. The van der Waals surface area contributed by atoms with E-state index in [1.165, 1.54) is 6.08 Å². The van der Waals surface area contributed by atoms with Gasteiger partial charge in [-0.2, -0.15) is 0 Å². The highest BCUT2D eigenvalue weighted by Gasteiger charge is 2.25. The van der Waals surface area contributed by atoms with Crippen LogP contribution in [0.2, 0.25) is 0 Å². The van der Waals surface area contributed by atoms with Crippen molar-refractivity contribution in [1.29, 1.82) is 0 Å². The van der Waals surface area contributed by atoms with Gasteiger partial charge in [0.15, 0.2) is 11.5 Å². The molecule has 2 aromatic rings. The van der Waals surface area contributed by atoms with Crippen molar-refractivity contribution in [3.63, 3.8) is 0 Å². The Kier molecular flexibility index (Phi) is 7.92. The van der Waals surface area contributed by atoms with Crippen LogP contribution in [0.25, 0.3) is 6.08 Å². The van der Waals surface area contributed by atoms with E-state index in [1.54, 1.807) is 44.6 Å². The highest BCUT2D eigenvalue weighted by atomic mass is 16.6. The number of hydrogen-bond acceptors (Lipinski definition) is 5. The van der Waals surface area contributed by atoms with Crippen molar-refractivity contribution < 1.29 is 23.8 Å². The lowest BCUT2D eigenvalue weighted by atomic mass is 9.93. The van der Waals surface area contributed by atoms with E-state index < -0.39 is 6.09 Å². The van der Waals surface area contributed by atoms with Crippen LogP contribution in [0.4, 0.5) is 10.5 Å². The first-order chi connectivity index (χ1) is 15.1. The molecule has 2 amide bonds. The highest BCUT2D eigenvalue weighted by molar-refractivity contribution is 5.92. The Morgan fingerprint density at radius 2 is 1.77 bits per heavy atom. The van der Waals surface area contributed by atoms with Crippen molar-refractivity contribution in [3.8, 4) is 11.5 Å². The van der Waals surface area contributed by atoms with E-state index in [-0.39, 0.29) is 18.1 Å². The van der Waals surface area contributed by atoms with E-state index in [2.05, 4.69) is 10.6 Å². The summed E-state index contributed by atoms with van der Waals surface area (Å²) in [6.07, 6.45) is 5.64. The average Bonchev–Trinajstić information content (AvgIpc) is 2.78. The van der Waals surface area contributed by atoms with Crippen LogP contribution in [-0.4, -0.2) is 38.4 Å². The van der Waals surface area contributed by atoms with Crippen LogP contribution in [0.5, 0.6) is 11.5 Å². The molecule has 3 rings (SSSR count). The quantitative estimate of drug-likeness (QED) is 0.644. The van der Waals surface area contributed by atoms with Crippen LogP contribution in [0.15, 0.2) is 54.6 Å². The molecule has 1 aliphatic carbocycles. The Balaban J connectivity index is 1.48. The van der Waals surface area contributed by atoms with E-state index in [0.29, 0.717) is 23.6 Å². The number of para-hydroxylation sites is 1. The number of methoxy groups -OCH3 is 2. The molecular formula is C24H28N2O5. The summed E-state index contributed by atoms with van der Waals surface area (Å²) in [5, 5.41) is 5.72. The maximum Gasteiger partial charge on any atom is 0.411 e. The summed E-state index contributed by atoms with van der Waals surface area (Å²) < 4.78 is 16.0. The summed E-state index contributed by atoms with van der Waals surface area (Å²) >= 11 is 0. The van der Waals surface area contributed by atoms with Crippen molar-refractivity contribution in [2.45, 2.75) is 37.8 Å². The van der Waals surface area contributed by atoms with Gasteiger partial charge in [0, 0.05) is 24.2 Å². The summed E-state index contributed by atoms with van der Waals surface area (Å²) in [4.78, 5) is 24.5. The normalized spacial score (nSPS) is 18.3. The van der Waals surface area contributed by atoms with Gasteiger partial charge in [-0.15, -0.1) is 0 Å². The second-order valence-corrected chi connectivity index (χ2v) is 7.34. The fourth-order valence-corrected chi connectivity index (χ4v) is 3.58. The van der Waals surface area contributed by atoms with Gasteiger partial charge in [-0.1, -0.05) is 24.3 Å². The fourth-order valence-electron chi connectivity index (χ4n) is 3.58. The summed E-state index contributed by atoms with van der Waals surface area (Å²) in [6, 6.07) is 14.6. The lowest BCUT2D eigenvalue weighted by Gasteiger charge is -2.29. The monoisotopic (exact) mass is 424 g/mol. The maximum atomic E-state index is 12.4. The topological polar surface area (TPSA) is 85.9 Å². The summed E-state index contributed by atoms with van der Waals surface area (Å²) in [6.45, 7) is 0. The number of hydrogen-bond donors (Lipinski definition) is 2. The SMILES string of the molecule is COc1ccc(/C=C/C(=O)NC2CCCC(OC(=O)Nc3ccccc3)C2)cc1OC. The van der Waals surface area contributed by atoms with Gasteiger partial charge in [0.25, 0.3) is 0 Å². The summed E-state index contributed by atoms with van der Waals surface area (Å²) in [7, 11) is 3.15. The van der Waals surface area contributed by atoms with E-state index in [0.717, 1.165) is 24.8 Å². The van der Waals surface area contributed by atoms with Crippen molar-refractivity contribution in [1.82, 2.24) is 5.32 Å². The molecule has 0 saturated heterocycles. The van der Waals surface area contributed by atoms with E-state index in [4.69, 9.17) is 14.2 Å². The molecule has 0 aromatic heterocycles. The van der Waals surface area contributed by atoms with Gasteiger partial charge in [-0.3, -0.25) is 10.1 Å². The number of benzene rings is 2. The van der Waals surface area contributed by atoms with E-state index in [1.807, 2.05) is 24.3 Å². The Labute approximate surface area is 182 Å². The van der Waals surface area contributed by atoms with Crippen LogP contribution in [0.1, 0.15) is 31.2 Å². The van der Waals surface area contributed by atoms with Crippen LogP contribution in [0.3, 0.4) is 0 Å². The lowest BCUT2D eigenvalue weighted by molar-refractivity contribution is -0.117. The number of anilines is 1. The minimum Gasteiger partial charge on any atom is -0.493 e. The first kappa shape index (κ1) is 22.2. The molecule has 31 heavy (non-hydrogen) atoms. The van der Waals surface area contributed by atoms with E-state index >= 15 is 0 Å². The number of amides is 2. The van der Waals surface area contributed by atoms with Gasteiger partial charge in [0.2, 0.25) is 5.91 Å². The Morgan fingerprint density at radius 1 is 1.00 bits per heavy atom. The molecule has 1 fully saturated rings. The summed E-state index contributed by atoms with van der Waals surface area (Å²) in [5.41, 5.74) is 1.52. The van der Waals surface area contributed by atoms with Crippen molar-refractivity contribution in [3.05, 3.63) is 60.2 Å². The Hall–Kier alpha value is -3.48. The zero-order chi connectivity index (χ0) is 22.1. The fraction of sp³-hybridized carbons (Fsp3) is 0.333. The average molecular weight is 424 g/mol. The predicted molar refractivity (Wildman–Crippen MR) is 119 cm³/mol. The van der Waals surface area contributed by atoms with Crippen LogP contribution in [0, 0.1) is 0 Å². The smallest absolute Gasteiger partial charge is 0.411 e. The van der Waals surface area contributed by atoms with Crippen LogP contribution < -0.4 is 20.1 Å². The highest BCUT2D eigenvalue weighted by Crippen LogP contribution is 2.28. The standard InChI is InChI=1S/C24H28N2O5/c1-29-21-13-11-17(15-22(21)30-2)12-14-23(27)25-19-9-6-10-20(16-19)31-24(28)26-18-7-4-3-5-8-18/h3-5,7-8,11-15,19-20H,6,9-10,16H2,1-2H3,(H,25,27)(H,26,28)/b14-12+. The molecule has 1 saturated carbocycles. The molecule has 2 unspecified atom stereocenters. The third-order valence-electron chi connectivity index (χ3n) is 5.10.